The summed E-state index contributed by atoms with van der Waals surface area (Å²) in [7, 11) is -9.97. The maximum absolute atomic E-state index is 13.1. The number of aliphatic hydroxyl groups is 1. The van der Waals surface area contributed by atoms with Crippen LogP contribution in [0.1, 0.15) is 297 Å². The molecule has 0 saturated heterocycles. The summed E-state index contributed by atoms with van der Waals surface area (Å²) in [4.78, 5) is 72.8. The van der Waals surface area contributed by atoms with E-state index in [2.05, 4.69) is 149 Å². The molecule has 5 atom stereocenters. The molecule has 0 aromatic heterocycles. The second-order valence-corrected chi connectivity index (χ2v) is 27.7. The van der Waals surface area contributed by atoms with Crippen LogP contribution in [-0.2, 0) is 65.4 Å². The molecule has 98 heavy (non-hydrogen) atoms. The first kappa shape index (κ1) is 93.5. The molecule has 0 spiro atoms. The van der Waals surface area contributed by atoms with Gasteiger partial charge in [-0.05, 0) is 148 Å². The van der Waals surface area contributed by atoms with E-state index in [9.17, 15) is 43.2 Å². The van der Waals surface area contributed by atoms with Gasteiger partial charge in [-0.3, -0.25) is 37.3 Å². The first-order chi connectivity index (χ1) is 47.7. The maximum atomic E-state index is 13.1. The Balaban J connectivity index is 5.35. The fraction of sp³-hybridized carbons (Fsp3) is 0.696. The summed E-state index contributed by atoms with van der Waals surface area (Å²) in [5.74, 6) is -2.26. The fourth-order valence-corrected chi connectivity index (χ4v) is 11.2. The first-order valence-corrected chi connectivity index (χ1v) is 40.8. The van der Waals surface area contributed by atoms with Crippen LogP contribution >= 0.6 is 15.6 Å². The summed E-state index contributed by atoms with van der Waals surface area (Å²) in [5, 5.41) is 10.6. The normalized spacial score (nSPS) is 14.6. The second kappa shape index (κ2) is 70.9. The molecule has 0 aromatic carbocycles. The number of aliphatic hydroxyl groups excluding tert-OH is 1. The maximum Gasteiger partial charge on any atom is 0.472 e. The number of phosphoric ester groups is 2. The first-order valence-electron chi connectivity index (χ1n) is 37.8. The van der Waals surface area contributed by atoms with Crippen LogP contribution < -0.4 is 0 Å². The minimum atomic E-state index is -4.98. The number of hydrogen-bond donors (Lipinski definition) is 3. The lowest BCUT2D eigenvalue weighted by atomic mass is 10.1. The summed E-state index contributed by atoms with van der Waals surface area (Å²) in [6, 6.07) is 0. The van der Waals surface area contributed by atoms with Gasteiger partial charge in [-0.15, -0.1) is 0 Å². The summed E-state index contributed by atoms with van der Waals surface area (Å²) < 4.78 is 68.3. The van der Waals surface area contributed by atoms with Gasteiger partial charge in [0.2, 0.25) is 0 Å². The SMILES string of the molecule is CC/C=C\C/C=C\C/C=C\C/C=C\CCCCCCCCC(=O)OCC(COP(=O)(O)OCC(O)COP(=O)(O)OCC(COC(=O)CCCC/C=C\C/C=C\C/C=C\C/C=C\CC)OC(=O)CCCCCCC/C=C\CCCC)OC(=O)CCCCCCC/C=C\CCCCCC. The van der Waals surface area contributed by atoms with Gasteiger partial charge < -0.3 is 33.8 Å². The number of carbonyl (C=O) groups is 4. The van der Waals surface area contributed by atoms with Gasteiger partial charge in [-0.1, -0.05) is 246 Å². The van der Waals surface area contributed by atoms with Crippen molar-refractivity contribution in [3.05, 3.63) is 122 Å². The average Bonchev–Trinajstić information content (AvgIpc) is 0.972. The van der Waals surface area contributed by atoms with Gasteiger partial charge in [-0.2, -0.15) is 0 Å². The van der Waals surface area contributed by atoms with Gasteiger partial charge in [0.15, 0.2) is 12.2 Å². The summed E-state index contributed by atoms with van der Waals surface area (Å²) in [6.07, 6.45) is 76.3. The number of ether oxygens (including phenoxy) is 4. The Hall–Kier alpha value is -4.54. The van der Waals surface area contributed by atoms with Crippen molar-refractivity contribution in [1.29, 1.82) is 0 Å². The van der Waals surface area contributed by atoms with E-state index in [4.69, 9.17) is 37.0 Å². The highest BCUT2D eigenvalue weighted by Crippen LogP contribution is 2.45. The Kier molecular flexibility index (Phi) is 67.6. The topological polar surface area (TPSA) is 237 Å². The molecule has 0 fully saturated rings. The predicted molar refractivity (Wildman–Crippen MR) is 399 cm³/mol. The van der Waals surface area contributed by atoms with Gasteiger partial charge in [0.1, 0.15) is 19.3 Å². The molecule has 0 heterocycles. The van der Waals surface area contributed by atoms with E-state index in [1.165, 1.54) is 38.5 Å². The van der Waals surface area contributed by atoms with Crippen molar-refractivity contribution in [2.24, 2.45) is 0 Å². The van der Waals surface area contributed by atoms with Crippen LogP contribution in [0.15, 0.2) is 122 Å². The molecule has 0 amide bonds. The molecule has 0 aliphatic heterocycles. The van der Waals surface area contributed by atoms with Crippen molar-refractivity contribution >= 4 is 39.5 Å². The Morgan fingerprint density at radius 2 is 0.541 bits per heavy atom. The second-order valence-electron chi connectivity index (χ2n) is 24.8. The van der Waals surface area contributed by atoms with Gasteiger partial charge in [-0.25, -0.2) is 9.13 Å². The third-order valence-corrected chi connectivity index (χ3v) is 17.3. The van der Waals surface area contributed by atoms with Gasteiger partial charge in [0, 0.05) is 25.7 Å². The monoisotopic (exact) mass is 1420 g/mol. The summed E-state index contributed by atoms with van der Waals surface area (Å²) in [6.45, 7) is 4.50. The van der Waals surface area contributed by atoms with Gasteiger partial charge in [0.25, 0.3) is 0 Å². The third kappa shape index (κ3) is 69.9. The lowest BCUT2D eigenvalue weighted by Gasteiger charge is -2.21. The predicted octanol–water partition coefficient (Wildman–Crippen LogP) is 21.6. The molecular weight excluding hydrogens is 1280 g/mol. The third-order valence-electron chi connectivity index (χ3n) is 15.4. The molecule has 3 N–H and O–H groups in total. The van der Waals surface area contributed by atoms with Crippen molar-refractivity contribution in [3.63, 3.8) is 0 Å². The van der Waals surface area contributed by atoms with Crippen LogP contribution in [0.3, 0.4) is 0 Å². The van der Waals surface area contributed by atoms with E-state index in [0.29, 0.717) is 25.7 Å². The van der Waals surface area contributed by atoms with Crippen LogP contribution in [0.25, 0.3) is 0 Å². The Labute approximate surface area is 593 Å². The lowest BCUT2D eigenvalue weighted by molar-refractivity contribution is -0.161. The zero-order valence-corrected chi connectivity index (χ0v) is 63.0. The van der Waals surface area contributed by atoms with E-state index in [-0.39, 0.29) is 25.7 Å². The van der Waals surface area contributed by atoms with Crippen molar-refractivity contribution in [2.45, 2.75) is 316 Å². The van der Waals surface area contributed by atoms with Crippen LogP contribution in [0.5, 0.6) is 0 Å². The minimum absolute atomic E-state index is 0.0732. The van der Waals surface area contributed by atoms with Crippen LogP contribution in [0.4, 0.5) is 0 Å². The highest BCUT2D eigenvalue weighted by Gasteiger charge is 2.30. The van der Waals surface area contributed by atoms with E-state index in [1.54, 1.807) is 0 Å². The quantitative estimate of drug-likeness (QED) is 0.0169. The number of carbonyl (C=O) groups excluding carboxylic acids is 4. The number of esters is 4. The molecule has 0 aromatic rings. The van der Waals surface area contributed by atoms with E-state index in [1.807, 2.05) is 0 Å². The molecule has 19 heteroatoms. The molecule has 0 bridgehead atoms. The number of hydrogen-bond acceptors (Lipinski definition) is 15. The van der Waals surface area contributed by atoms with E-state index in [0.717, 1.165) is 180 Å². The van der Waals surface area contributed by atoms with Gasteiger partial charge in [0.05, 0.1) is 26.4 Å². The summed E-state index contributed by atoms with van der Waals surface area (Å²) in [5.41, 5.74) is 0. The van der Waals surface area contributed by atoms with Crippen molar-refractivity contribution in [1.82, 2.24) is 0 Å². The molecule has 0 aliphatic rings. The average molecular weight is 1420 g/mol. The number of allylic oxidation sites excluding steroid dienone is 20. The molecule has 0 radical (unpaired) electrons. The Morgan fingerprint density at radius 1 is 0.296 bits per heavy atom. The molecule has 0 aliphatic carbocycles. The Bertz CT molecular complexity index is 2340. The van der Waals surface area contributed by atoms with Crippen LogP contribution in [0, 0.1) is 0 Å². The molecule has 0 saturated carbocycles. The fourth-order valence-electron chi connectivity index (χ4n) is 9.65. The van der Waals surface area contributed by atoms with Crippen LogP contribution in [0.2, 0.25) is 0 Å². The smallest absolute Gasteiger partial charge is 0.462 e. The summed E-state index contributed by atoms with van der Waals surface area (Å²) >= 11 is 0. The molecule has 5 unspecified atom stereocenters. The molecule has 0 rings (SSSR count). The highest BCUT2D eigenvalue weighted by atomic mass is 31.2. The van der Waals surface area contributed by atoms with Crippen molar-refractivity contribution in [2.75, 3.05) is 39.6 Å². The lowest BCUT2D eigenvalue weighted by Crippen LogP contribution is -2.30. The largest absolute Gasteiger partial charge is 0.472 e. The zero-order valence-electron chi connectivity index (χ0n) is 61.2. The van der Waals surface area contributed by atoms with Gasteiger partial charge >= 0.3 is 39.5 Å². The Morgan fingerprint density at radius 3 is 0.878 bits per heavy atom. The van der Waals surface area contributed by atoms with Crippen molar-refractivity contribution < 1.29 is 80.2 Å². The number of unbranched alkanes of at least 4 members (excludes halogenated alkanes) is 24. The molecule has 17 nitrogen and oxygen atoms in total. The van der Waals surface area contributed by atoms with E-state index >= 15 is 0 Å². The van der Waals surface area contributed by atoms with E-state index < -0.39 is 97.5 Å². The minimum Gasteiger partial charge on any atom is -0.462 e. The highest BCUT2D eigenvalue weighted by molar-refractivity contribution is 7.47. The molecule has 562 valence electrons. The number of rotatable bonds is 70. The molecular formula is C79H134O17P2. The van der Waals surface area contributed by atoms with Crippen LogP contribution in [-0.4, -0.2) is 96.7 Å². The zero-order chi connectivity index (χ0) is 71.8. The van der Waals surface area contributed by atoms with Crippen molar-refractivity contribution in [3.8, 4) is 0 Å². The standard InChI is InChI=1S/C79H134O17P2/c1-5-9-13-17-21-25-29-32-34-35-36-37-39-42-45-48-52-56-60-64-77(82)90-70-75(96-79(84)66-62-58-54-50-46-40-31-27-23-19-15-11-7-3)72-94-98(87,88)92-68-73(80)67-91-97(85,86)93-71-74(95-78(83)65-61-57-53-49-43-28-24-20-16-12-8-4)69-89-76(81)63-59-55-51-47-44-41-38-33-30-26-22-18-14-10-6-2/h9-10,13-14,20-22,24-27,31-34,36-38,44,47,73-75,80H,5-8,11-12,15-19,23,28-30,35,39-43,45-46,48-72H2,1-4H3,(H,85,86)(H,87,88)/b13-9-,14-10-,24-20-,25-21-,26-22-,31-27-,34-32-,37-36-,38-33-,47-44-. The number of phosphoric acid groups is 2.